The molecule has 1 aromatic carbocycles. The molecule has 1 heterocycles. The summed E-state index contributed by atoms with van der Waals surface area (Å²) in [4.78, 5) is 22.0. The first-order valence-corrected chi connectivity index (χ1v) is 5.09. The molecule has 5 nitrogen and oxygen atoms in total. The van der Waals surface area contributed by atoms with Gasteiger partial charge in [0.25, 0.3) is 0 Å². The predicted octanol–water partition coefficient (Wildman–Crippen LogP) is 1.38. The molecule has 0 atom stereocenters. The number of aromatic carboxylic acids is 1. The van der Waals surface area contributed by atoms with Crippen LogP contribution in [-0.4, -0.2) is 20.9 Å². The number of carboxylic acid groups (broad SMARTS) is 1. The van der Waals surface area contributed by atoms with E-state index in [0.29, 0.717) is 11.3 Å². The molecule has 2 rings (SSSR count). The Balaban J connectivity index is 2.57. The van der Waals surface area contributed by atoms with E-state index < -0.39 is 22.9 Å². The van der Waals surface area contributed by atoms with Gasteiger partial charge in [0.1, 0.15) is 5.82 Å². The summed E-state index contributed by atoms with van der Waals surface area (Å²) in [5.41, 5.74) is -0.469. The first-order chi connectivity index (χ1) is 8.49. The van der Waals surface area contributed by atoms with E-state index in [9.17, 15) is 14.0 Å². The van der Waals surface area contributed by atoms with Crippen molar-refractivity contribution in [2.24, 2.45) is 0 Å². The number of hydrogen-bond donors (Lipinski definition) is 1. The van der Waals surface area contributed by atoms with Gasteiger partial charge in [0.15, 0.2) is 0 Å². The highest BCUT2D eigenvalue weighted by atomic mass is 19.1. The van der Waals surface area contributed by atoms with E-state index in [4.69, 9.17) is 5.11 Å². The third-order valence-electron chi connectivity index (χ3n) is 2.43. The highest BCUT2D eigenvalue weighted by Gasteiger charge is 2.11. The van der Waals surface area contributed by atoms with Crippen LogP contribution in [-0.2, 0) is 0 Å². The van der Waals surface area contributed by atoms with Gasteiger partial charge >= 0.3 is 5.97 Å². The van der Waals surface area contributed by atoms with Crippen molar-refractivity contribution in [2.75, 3.05) is 0 Å². The van der Waals surface area contributed by atoms with Crippen LogP contribution in [0.1, 0.15) is 16.1 Å². The second kappa shape index (κ2) is 4.40. The summed E-state index contributed by atoms with van der Waals surface area (Å²) in [6.45, 7) is 1.61. The normalized spacial score (nSPS) is 10.3. The number of hydrogen-bond acceptors (Lipinski definition) is 3. The highest BCUT2D eigenvalue weighted by Crippen LogP contribution is 2.12. The minimum absolute atomic E-state index is 0.348. The molecule has 0 bridgehead atoms. The summed E-state index contributed by atoms with van der Waals surface area (Å²) in [6.07, 6.45) is 1.29. The first-order valence-electron chi connectivity index (χ1n) is 5.09. The standard InChI is InChI=1S/C12H9FN2O3/c1-7-2-3-8(6-9(7)13)15-5-4-10(16)11(14-15)12(17)18/h2-6H,1H3,(H,17,18). The average molecular weight is 248 g/mol. The van der Waals surface area contributed by atoms with Crippen LogP contribution in [0.25, 0.3) is 5.69 Å². The lowest BCUT2D eigenvalue weighted by Crippen LogP contribution is -2.20. The molecule has 2 aromatic rings. The first kappa shape index (κ1) is 12.0. The van der Waals surface area contributed by atoms with Gasteiger partial charge in [-0.05, 0) is 24.6 Å². The van der Waals surface area contributed by atoms with Gasteiger partial charge in [-0.15, -0.1) is 0 Å². The van der Waals surface area contributed by atoms with Gasteiger partial charge in [-0.1, -0.05) is 6.07 Å². The Hall–Kier alpha value is -2.50. The van der Waals surface area contributed by atoms with E-state index in [0.717, 1.165) is 10.7 Å². The largest absolute Gasteiger partial charge is 0.476 e. The number of aromatic nitrogens is 2. The van der Waals surface area contributed by atoms with Crippen LogP contribution in [0, 0.1) is 12.7 Å². The molecule has 18 heavy (non-hydrogen) atoms. The van der Waals surface area contributed by atoms with Gasteiger partial charge < -0.3 is 5.11 Å². The summed E-state index contributed by atoms with van der Waals surface area (Å²) in [6, 6.07) is 5.43. The zero-order chi connectivity index (χ0) is 13.3. The minimum Gasteiger partial charge on any atom is -0.476 e. The Kier molecular flexibility index (Phi) is 2.93. The Morgan fingerprint density at radius 2 is 2.11 bits per heavy atom. The van der Waals surface area contributed by atoms with Crippen molar-refractivity contribution in [2.45, 2.75) is 6.92 Å². The molecule has 92 valence electrons. The molecule has 0 fully saturated rings. The molecule has 1 N–H and O–H groups in total. The van der Waals surface area contributed by atoms with Gasteiger partial charge in [0, 0.05) is 12.3 Å². The zero-order valence-corrected chi connectivity index (χ0v) is 9.42. The molecule has 0 saturated heterocycles. The molecule has 0 radical (unpaired) electrons. The molecular weight excluding hydrogens is 239 g/mol. The number of benzene rings is 1. The summed E-state index contributed by atoms with van der Waals surface area (Å²) in [5, 5.41) is 12.4. The molecule has 0 aliphatic rings. The van der Waals surface area contributed by atoms with Gasteiger partial charge in [0.2, 0.25) is 11.1 Å². The molecule has 0 unspecified atom stereocenters. The molecule has 0 saturated carbocycles. The number of rotatable bonds is 2. The summed E-state index contributed by atoms with van der Waals surface area (Å²) < 4.78 is 14.5. The predicted molar refractivity (Wildman–Crippen MR) is 61.5 cm³/mol. The van der Waals surface area contributed by atoms with Crippen molar-refractivity contribution in [1.29, 1.82) is 0 Å². The fourth-order valence-electron chi connectivity index (χ4n) is 1.42. The maximum absolute atomic E-state index is 13.4. The Labute approximate surface area is 101 Å². The number of aryl methyl sites for hydroxylation is 1. The topological polar surface area (TPSA) is 72.2 Å². The monoisotopic (exact) mass is 248 g/mol. The molecule has 1 aromatic heterocycles. The van der Waals surface area contributed by atoms with Crippen molar-refractivity contribution in [1.82, 2.24) is 9.78 Å². The minimum atomic E-state index is -1.41. The average Bonchev–Trinajstić information content (AvgIpc) is 2.33. The fraction of sp³-hybridized carbons (Fsp3) is 0.0833. The lowest BCUT2D eigenvalue weighted by molar-refractivity contribution is 0.0687. The number of carbonyl (C=O) groups is 1. The van der Waals surface area contributed by atoms with Crippen LogP contribution < -0.4 is 5.43 Å². The third-order valence-corrected chi connectivity index (χ3v) is 2.43. The SMILES string of the molecule is Cc1ccc(-n2ccc(=O)c(C(=O)O)n2)cc1F. The maximum atomic E-state index is 13.4. The van der Waals surface area contributed by atoms with Crippen molar-refractivity contribution in [3.05, 3.63) is 57.8 Å². The van der Waals surface area contributed by atoms with Crippen molar-refractivity contribution >= 4 is 5.97 Å². The van der Waals surface area contributed by atoms with Gasteiger partial charge in [0.05, 0.1) is 5.69 Å². The van der Waals surface area contributed by atoms with Gasteiger partial charge in [-0.2, -0.15) is 5.10 Å². The van der Waals surface area contributed by atoms with Gasteiger partial charge in [-0.25, -0.2) is 13.9 Å². The molecule has 6 heteroatoms. The Morgan fingerprint density at radius 1 is 1.39 bits per heavy atom. The van der Waals surface area contributed by atoms with E-state index in [1.54, 1.807) is 19.1 Å². The van der Waals surface area contributed by atoms with Crippen LogP contribution in [0.2, 0.25) is 0 Å². The van der Waals surface area contributed by atoms with E-state index in [1.165, 1.54) is 12.3 Å². The molecular formula is C12H9FN2O3. The smallest absolute Gasteiger partial charge is 0.360 e. The Morgan fingerprint density at radius 3 is 2.72 bits per heavy atom. The summed E-state index contributed by atoms with van der Waals surface area (Å²) in [5.74, 6) is -1.84. The second-order valence-electron chi connectivity index (χ2n) is 3.71. The Bertz CT molecular complexity index is 679. The highest BCUT2D eigenvalue weighted by molar-refractivity contribution is 5.84. The van der Waals surface area contributed by atoms with Crippen molar-refractivity contribution < 1.29 is 14.3 Å². The number of halogens is 1. The van der Waals surface area contributed by atoms with E-state index in [2.05, 4.69) is 5.10 Å². The lowest BCUT2D eigenvalue weighted by atomic mass is 10.2. The molecule has 0 amide bonds. The summed E-state index contributed by atoms with van der Waals surface area (Å²) >= 11 is 0. The fourth-order valence-corrected chi connectivity index (χ4v) is 1.42. The van der Waals surface area contributed by atoms with Crippen molar-refractivity contribution in [3.8, 4) is 5.69 Å². The van der Waals surface area contributed by atoms with Crippen LogP contribution in [0.4, 0.5) is 4.39 Å². The van der Waals surface area contributed by atoms with Crippen LogP contribution in [0.3, 0.4) is 0 Å². The van der Waals surface area contributed by atoms with Crippen LogP contribution in [0.5, 0.6) is 0 Å². The van der Waals surface area contributed by atoms with Crippen molar-refractivity contribution in [3.63, 3.8) is 0 Å². The molecule has 0 spiro atoms. The van der Waals surface area contributed by atoms with Crippen LogP contribution >= 0.6 is 0 Å². The van der Waals surface area contributed by atoms with Crippen LogP contribution in [0.15, 0.2) is 35.3 Å². The summed E-state index contributed by atoms with van der Waals surface area (Å²) in [7, 11) is 0. The quantitative estimate of drug-likeness (QED) is 0.871. The van der Waals surface area contributed by atoms with E-state index in [-0.39, 0.29) is 0 Å². The third kappa shape index (κ3) is 2.13. The van der Waals surface area contributed by atoms with E-state index in [1.807, 2.05) is 0 Å². The molecule has 0 aliphatic carbocycles. The second-order valence-corrected chi connectivity index (χ2v) is 3.71. The zero-order valence-electron chi connectivity index (χ0n) is 9.42. The maximum Gasteiger partial charge on any atom is 0.360 e. The molecule has 0 aliphatic heterocycles. The number of carboxylic acids is 1. The van der Waals surface area contributed by atoms with Gasteiger partial charge in [-0.3, -0.25) is 4.79 Å². The lowest BCUT2D eigenvalue weighted by Gasteiger charge is -2.06. The van der Waals surface area contributed by atoms with E-state index >= 15 is 0 Å². The number of nitrogens with zero attached hydrogens (tertiary/aromatic N) is 2.